The number of morpholine rings is 1. The first-order chi connectivity index (χ1) is 7.84. The van der Waals surface area contributed by atoms with E-state index in [1.54, 1.807) is 18.3 Å². The standard InChI is InChI=1S/C10H14N4O2/c15-10(6-8-7-11-4-5-16-8)13-9-2-1-3-12-14-9/h1-3,8,11H,4-7H2,(H,13,14,15). The number of aromatic nitrogens is 2. The molecule has 0 bridgehead atoms. The highest BCUT2D eigenvalue weighted by molar-refractivity contribution is 5.89. The second kappa shape index (κ2) is 5.53. The molecular formula is C10H14N4O2. The third-order valence-corrected chi connectivity index (χ3v) is 2.26. The minimum atomic E-state index is -0.103. The lowest BCUT2D eigenvalue weighted by molar-refractivity contribution is -0.119. The zero-order chi connectivity index (χ0) is 11.2. The van der Waals surface area contributed by atoms with Gasteiger partial charge in [-0.1, -0.05) is 0 Å². The van der Waals surface area contributed by atoms with Crippen molar-refractivity contribution in [1.29, 1.82) is 0 Å². The fourth-order valence-corrected chi connectivity index (χ4v) is 1.52. The van der Waals surface area contributed by atoms with Gasteiger partial charge in [-0.05, 0) is 12.1 Å². The molecule has 1 amide bonds. The first-order valence-electron chi connectivity index (χ1n) is 5.24. The first kappa shape index (κ1) is 11.0. The van der Waals surface area contributed by atoms with Crippen molar-refractivity contribution in [3.63, 3.8) is 0 Å². The Hall–Kier alpha value is -1.53. The quantitative estimate of drug-likeness (QED) is 0.740. The fraction of sp³-hybridized carbons (Fsp3) is 0.500. The van der Waals surface area contributed by atoms with E-state index in [9.17, 15) is 4.79 Å². The maximum absolute atomic E-state index is 11.6. The van der Waals surface area contributed by atoms with E-state index in [1.807, 2.05) is 0 Å². The molecule has 0 radical (unpaired) electrons. The molecule has 6 heteroatoms. The van der Waals surface area contributed by atoms with Crippen molar-refractivity contribution >= 4 is 11.7 Å². The van der Waals surface area contributed by atoms with Gasteiger partial charge in [0.1, 0.15) is 0 Å². The lowest BCUT2D eigenvalue weighted by Gasteiger charge is -2.22. The number of nitrogens with zero attached hydrogens (tertiary/aromatic N) is 2. The number of carbonyl (C=O) groups is 1. The van der Waals surface area contributed by atoms with E-state index in [2.05, 4.69) is 20.8 Å². The number of nitrogens with one attached hydrogen (secondary N) is 2. The number of rotatable bonds is 3. The SMILES string of the molecule is O=C(CC1CNCCO1)Nc1cccnn1. The average Bonchev–Trinajstić information content (AvgIpc) is 2.31. The van der Waals surface area contributed by atoms with Crippen LogP contribution in [0.2, 0.25) is 0 Å². The molecule has 6 nitrogen and oxygen atoms in total. The van der Waals surface area contributed by atoms with Gasteiger partial charge in [-0.15, -0.1) is 5.10 Å². The summed E-state index contributed by atoms with van der Waals surface area (Å²) in [6.45, 7) is 2.22. The van der Waals surface area contributed by atoms with E-state index >= 15 is 0 Å². The van der Waals surface area contributed by atoms with Crippen LogP contribution in [-0.4, -0.2) is 41.9 Å². The van der Waals surface area contributed by atoms with Crippen LogP contribution in [-0.2, 0) is 9.53 Å². The van der Waals surface area contributed by atoms with Crippen LogP contribution in [0.15, 0.2) is 18.3 Å². The van der Waals surface area contributed by atoms with Crippen LogP contribution in [0.3, 0.4) is 0 Å². The van der Waals surface area contributed by atoms with Crippen molar-refractivity contribution in [1.82, 2.24) is 15.5 Å². The van der Waals surface area contributed by atoms with Crippen molar-refractivity contribution in [2.24, 2.45) is 0 Å². The Bertz CT molecular complexity index is 338. The summed E-state index contributed by atoms with van der Waals surface area (Å²) in [6.07, 6.45) is 1.85. The summed E-state index contributed by atoms with van der Waals surface area (Å²) in [5.41, 5.74) is 0. The summed E-state index contributed by atoms with van der Waals surface area (Å²) in [7, 11) is 0. The van der Waals surface area contributed by atoms with Crippen molar-refractivity contribution in [2.75, 3.05) is 25.0 Å². The summed E-state index contributed by atoms with van der Waals surface area (Å²) in [5, 5.41) is 13.3. The zero-order valence-electron chi connectivity index (χ0n) is 8.85. The normalized spacial score (nSPS) is 20.4. The van der Waals surface area contributed by atoms with Crippen molar-refractivity contribution in [3.05, 3.63) is 18.3 Å². The van der Waals surface area contributed by atoms with Gasteiger partial charge in [-0.3, -0.25) is 4.79 Å². The number of ether oxygens (including phenoxy) is 1. The summed E-state index contributed by atoms with van der Waals surface area (Å²) >= 11 is 0. The number of carbonyl (C=O) groups excluding carboxylic acids is 1. The second-order valence-corrected chi connectivity index (χ2v) is 3.56. The summed E-state index contributed by atoms with van der Waals surface area (Å²) in [5.74, 6) is 0.366. The predicted molar refractivity (Wildman–Crippen MR) is 57.9 cm³/mol. The Morgan fingerprint density at radius 2 is 2.62 bits per heavy atom. The Morgan fingerprint density at radius 1 is 1.69 bits per heavy atom. The van der Waals surface area contributed by atoms with Crippen LogP contribution in [0.4, 0.5) is 5.82 Å². The molecule has 1 saturated heterocycles. The Balaban J connectivity index is 1.80. The van der Waals surface area contributed by atoms with Crippen LogP contribution in [0.1, 0.15) is 6.42 Å². The summed E-state index contributed by atoms with van der Waals surface area (Å²) in [4.78, 5) is 11.6. The molecule has 0 saturated carbocycles. The van der Waals surface area contributed by atoms with E-state index in [4.69, 9.17) is 4.74 Å². The van der Waals surface area contributed by atoms with E-state index in [-0.39, 0.29) is 12.0 Å². The van der Waals surface area contributed by atoms with Gasteiger partial charge in [0.25, 0.3) is 0 Å². The number of anilines is 1. The summed E-state index contributed by atoms with van der Waals surface area (Å²) < 4.78 is 5.43. The third-order valence-electron chi connectivity index (χ3n) is 2.26. The minimum absolute atomic E-state index is 0.0505. The second-order valence-electron chi connectivity index (χ2n) is 3.56. The van der Waals surface area contributed by atoms with Crippen molar-refractivity contribution in [3.8, 4) is 0 Å². The Labute approximate surface area is 93.4 Å². The van der Waals surface area contributed by atoms with Crippen LogP contribution in [0.25, 0.3) is 0 Å². The molecule has 1 aromatic heterocycles. The molecule has 16 heavy (non-hydrogen) atoms. The maximum Gasteiger partial charge on any atom is 0.228 e. The van der Waals surface area contributed by atoms with E-state index in [1.165, 1.54) is 0 Å². The largest absolute Gasteiger partial charge is 0.375 e. The van der Waals surface area contributed by atoms with Crippen LogP contribution >= 0.6 is 0 Å². The van der Waals surface area contributed by atoms with Crippen LogP contribution in [0, 0.1) is 0 Å². The molecule has 2 rings (SSSR count). The topological polar surface area (TPSA) is 76.1 Å². The van der Waals surface area contributed by atoms with Crippen LogP contribution < -0.4 is 10.6 Å². The van der Waals surface area contributed by atoms with Gasteiger partial charge in [0.2, 0.25) is 5.91 Å². The lowest BCUT2D eigenvalue weighted by atomic mass is 10.2. The lowest BCUT2D eigenvalue weighted by Crippen LogP contribution is -2.40. The molecule has 1 unspecified atom stereocenters. The number of hydrogen-bond donors (Lipinski definition) is 2. The molecule has 86 valence electrons. The van der Waals surface area contributed by atoms with Gasteiger partial charge in [0, 0.05) is 19.3 Å². The highest BCUT2D eigenvalue weighted by Crippen LogP contribution is 2.04. The zero-order valence-corrected chi connectivity index (χ0v) is 8.85. The highest BCUT2D eigenvalue weighted by atomic mass is 16.5. The summed E-state index contributed by atoms with van der Waals surface area (Å²) in [6, 6.07) is 3.42. The van der Waals surface area contributed by atoms with Gasteiger partial charge in [0.05, 0.1) is 19.1 Å². The smallest absolute Gasteiger partial charge is 0.228 e. The van der Waals surface area contributed by atoms with Gasteiger partial charge in [0.15, 0.2) is 5.82 Å². The van der Waals surface area contributed by atoms with Gasteiger partial charge in [-0.2, -0.15) is 5.10 Å². The minimum Gasteiger partial charge on any atom is -0.375 e. The van der Waals surface area contributed by atoms with E-state index in [0.717, 1.165) is 6.54 Å². The maximum atomic E-state index is 11.6. The van der Waals surface area contributed by atoms with Gasteiger partial charge < -0.3 is 15.4 Å². The molecular weight excluding hydrogens is 208 g/mol. The molecule has 0 spiro atoms. The molecule has 2 N–H and O–H groups in total. The van der Waals surface area contributed by atoms with Crippen molar-refractivity contribution < 1.29 is 9.53 Å². The fourth-order valence-electron chi connectivity index (χ4n) is 1.52. The molecule has 1 aromatic rings. The highest BCUT2D eigenvalue weighted by Gasteiger charge is 2.17. The van der Waals surface area contributed by atoms with Gasteiger partial charge in [-0.25, -0.2) is 0 Å². The average molecular weight is 222 g/mol. The first-order valence-corrected chi connectivity index (χ1v) is 5.24. The van der Waals surface area contributed by atoms with Gasteiger partial charge >= 0.3 is 0 Å². The molecule has 1 fully saturated rings. The molecule has 0 aromatic carbocycles. The number of hydrogen-bond acceptors (Lipinski definition) is 5. The Morgan fingerprint density at radius 3 is 3.31 bits per heavy atom. The Kier molecular flexibility index (Phi) is 3.79. The van der Waals surface area contributed by atoms with E-state index < -0.39 is 0 Å². The predicted octanol–water partition coefficient (Wildman–Crippen LogP) is -0.206. The van der Waals surface area contributed by atoms with Crippen molar-refractivity contribution in [2.45, 2.75) is 12.5 Å². The van der Waals surface area contributed by atoms with E-state index in [0.29, 0.717) is 25.4 Å². The molecule has 1 atom stereocenters. The van der Waals surface area contributed by atoms with Crippen LogP contribution in [0.5, 0.6) is 0 Å². The molecule has 1 aliphatic heterocycles. The molecule has 2 heterocycles. The third kappa shape index (κ3) is 3.25. The molecule has 0 aliphatic carbocycles. The molecule has 1 aliphatic rings. The monoisotopic (exact) mass is 222 g/mol. The number of amides is 1.